The number of benzene rings is 1. The Morgan fingerprint density at radius 1 is 1.21 bits per heavy atom. The number of carbonyl (C=O) groups is 1. The molecule has 3 fully saturated rings. The molecule has 0 N–H and O–H groups in total. The number of hydrogen-bond donors (Lipinski definition) is 0. The zero-order valence-electron chi connectivity index (χ0n) is 14.6. The van der Waals surface area contributed by atoms with Crippen molar-refractivity contribution in [3.63, 3.8) is 0 Å². The summed E-state index contributed by atoms with van der Waals surface area (Å²) < 4.78 is 5.85. The van der Waals surface area contributed by atoms with Gasteiger partial charge in [-0.2, -0.15) is 0 Å². The molecule has 2 heterocycles. The second-order valence-electron chi connectivity index (χ2n) is 7.53. The zero-order chi connectivity index (χ0) is 16.7. The third kappa shape index (κ3) is 3.03. The number of anilines is 1. The summed E-state index contributed by atoms with van der Waals surface area (Å²) in [6, 6.07) is 8.85. The molecule has 1 amide bonds. The van der Waals surface area contributed by atoms with E-state index in [-0.39, 0.29) is 5.91 Å². The number of fused-ring (bicyclic) bond motifs is 1. The molecule has 0 radical (unpaired) electrons. The van der Waals surface area contributed by atoms with Gasteiger partial charge in [0, 0.05) is 51.0 Å². The zero-order valence-corrected chi connectivity index (χ0v) is 14.6. The molecular weight excluding hydrogens is 302 g/mol. The van der Waals surface area contributed by atoms with Crippen molar-refractivity contribution in [3.05, 3.63) is 29.8 Å². The van der Waals surface area contributed by atoms with Crippen molar-refractivity contribution in [3.8, 4) is 0 Å². The minimum absolute atomic E-state index is 0.145. The van der Waals surface area contributed by atoms with Crippen LogP contribution in [0.4, 0.5) is 5.69 Å². The smallest absolute Gasteiger partial charge is 0.254 e. The van der Waals surface area contributed by atoms with Crippen molar-refractivity contribution >= 4 is 11.6 Å². The minimum Gasteiger partial charge on any atom is -0.378 e. The molecule has 4 rings (SSSR count). The van der Waals surface area contributed by atoms with E-state index >= 15 is 0 Å². The number of nitrogens with zero attached hydrogens (tertiary/aromatic N) is 3. The number of amides is 1. The Labute approximate surface area is 144 Å². The van der Waals surface area contributed by atoms with E-state index in [1.807, 2.05) is 48.2 Å². The maximum absolute atomic E-state index is 12.9. The molecule has 0 bridgehead atoms. The second-order valence-corrected chi connectivity index (χ2v) is 7.53. The van der Waals surface area contributed by atoms with Crippen LogP contribution in [0.2, 0.25) is 0 Å². The molecule has 1 aliphatic carbocycles. The van der Waals surface area contributed by atoms with Crippen LogP contribution in [0.1, 0.15) is 23.2 Å². The summed E-state index contributed by atoms with van der Waals surface area (Å²) in [5.74, 6) is 0.971. The van der Waals surface area contributed by atoms with Crippen LogP contribution in [0.5, 0.6) is 0 Å². The van der Waals surface area contributed by atoms with Crippen LogP contribution < -0.4 is 4.90 Å². The third-order valence-electron chi connectivity index (χ3n) is 5.62. The van der Waals surface area contributed by atoms with Crippen molar-refractivity contribution < 1.29 is 9.53 Å². The second kappa shape index (κ2) is 6.37. The van der Waals surface area contributed by atoms with E-state index in [1.165, 1.54) is 12.8 Å². The number of ether oxygens (including phenoxy) is 1. The molecule has 2 atom stereocenters. The van der Waals surface area contributed by atoms with Gasteiger partial charge in [0.05, 0.1) is 19.3 Å². The van der Waals surface area contributed by atoms with E-state index in [0.29, 0.717) is 12.1 Å². The van der Waals surface area contributed by atoms with Gasteiger partial charge in [0.25, 0.3) is 5.91 Å². The summed E-state index contributed by atoms with van der Waals surface area (Å²) in [5.41, 5.74) is 1.85. The molecule has 0 aromatic heterocycles. The number of carbonyl (C=O) groups excluding carboxylic acids is 1. The topological polar surface area (TPSA) is 36.0 Å². The molecule has 1 saturated carbocycles. The van der Waals surface area contributed by atoms with Crippen LogP contribution in [0.25, 0.3) is 0 Å². The predicted molar refractivity (Wildman–Crippen MR) is 94.5 cm³/mol. The first-order valence-electron chi connectivity index (χ1n) is 9.03. The SMILES string of the molecule is CN(C)c1cccc(C(=O)N2CCN3[C@@H](COC[C@@H]3C3CC3)C2)c1. The average Bonchev–Trinajstić information content (AvgIpc) is 3.45. The lowest BCUT2D eigenvalue weighted by Gasteiger charge is -2.48. The molecule has 5 nitrogen and oxygen atoms in total. The average molecular weight is 329 g/mol. The fourth-order valence-electron chi connectivity index (χ4n) is 4.05. The van der Waals surface area contributed by atoms with Gasteiger partial charge in [0.2, 0.25) is 0 Å². The maximum Gasteiger partial charge on any atom is 0.254 e. The van der Waals surface area contributed by atoms with Gasteiger partial charge in [0.1, 0.15) is 0 Å². The highest BCUT2D eigenvalue weighted by Gasteiger charge is 2.43. The van der Waals surface area contributed by atoms with Crippen molar-refractivity contribution in [2.24, 2.45) is 5.92 Å². The van der Waals surface area contributed by atoms with Crippen molar-refractivity contribution in [2.75, 3.05) is 51.8 Å². The lowest BCUT2D eigenvalue weighted by Crippen LogP contribution is -2.63. The van der Waals surface area contributed by atoms with Gasteiger partial charge >= 0.3 is 0 Å². The Balaban J connectivity index is 1.46. The lowest BCUT2D eigenvalue weighted by molar-refractivity contribution is -0.0816. The van der Waals surface area contributed by atoms with Crippen LogP contribution >= 0.6 is 0 Å². The Hall–Kier alpha value is -1.59. The first-order chi connectivity index (χ1) is 11.6. The quantitative estimate of drug-likeness (QED) is 0.845. The number of morpholine rings is 1. The van der Waals surface area contributed by atoms with Gasteiger partial charge in [-0.15, -0.1) is 0 Å². The fourth-order valence-corrected chi connectivity index (χ4v) is 4.05. The Morgan fingerprint density at radius 3 is 2.79 bits per heavy atom. The monoisotopic (exact) mass is 329 g/mol. The molecule has 5 heteroatoms. The highest BCUT2D eigenvalue weighted by atomic mass is 16.5. The minimum atomic E-state index is 0.145. The highest BCUT2D eigenvalue weighted by Crippen LogP contribution is 2.38. The van der Waals surface area contributed by atoms with Gasteiger partial charge in [-0.1, -0.05) is 6.07 Å². The van der Waals surface area contributed by atoms with E-state index in [4.69, 9.17) is 4.74 Å². The van der Waals surface area contributed by atoms with Gasteiger partial charge in [-0.3, -0.25) is 9.69 Å². The van der Waals surface area contributed by atoms with E-state index in [0.717, 1.165) is 50.0 Å². The molecule has 0 spiro atoms. The summed E-state index contributed by atoms with van der Waals surface area (Å²) in [6.45, 7) is 4.22. The first kappa shape index (κ1) is 15.9. The van der Waals surface area contributed by atoms with Gasteiger partial charge in [-0.05, 0) is 37.0 Å². The summed E-state index contributed by atoms with van der Waals surface area (Å²) in [5, 5.41) is 0. The molecule has 3 aliphatic rings. The first-order valence-corrected chi connectivity index (χ1v) is 9.03. The third-order valence-corrected chi connectivity index (χ3v) is 5.62. The maximum atomic E-state index is 12.9. The molecule has 2 aliphatic heterocycles. The molecule has 1 aromatic rings. The van der Waals surface area contributed by atoms with Crippen LogP contribution in [-0.4, -0.2) is 74.7 Å². The molecule has 24 heavy (non-hydrogen) atoms. The van der Waals surface area contributed by atoms with E-state index in [1.54, 1.807) is 0 Å². The fraction of sp³-hybridized carbons (Fsp3) is 0.632. The van der Waals surface area contributed by atoms with Crippen molar-refractivity contribution in [2.45, 2.75) is 24.9 Å². The van der Waals surface area contributed by atoms with Crippen molar-refractivity contribution in [1.29, 1.82) is 0 Å². The van der Waals surface area contributed by atoms with Crippen LogP contribution in [0.3, 0.4) is 0 Å². The van der Waals surface area contributed by atoms with Crippen LogP contribution in [0, 0.1) is 5.92 Å². The summed E-state index contributed by atoms with van der Waals surface area (Å²) in [7, 11) is 4.00. The highest BCUT2D eigenvalue weighted by molar-refractivity contribution is 5.95. The van der Waals surface area contributed by atoms with Crippen LogP contribution in [-0.2, 0) is 4.74 Å². The molecule has 1 aromatic carbocycles. The summed E-state index contributed by atoms with van der Waals surface area (Å²) >= 11 is 0. The predicted octanol–water partition coefficient (Wildman–Crippen LogP) is 1.69. The lowest BCUT2D eigenvalue weighted by atomic mass is 10.0. The normalized spacial score (nSPS) is 27.7. The van der Waals surface area contributed by atoms with Gasteiger partial charge in [-0.25, -0.2) is 0 Å². The Bertz CT molecular complexity index is 614. The largest absolute Gasteiger partial charge is 0.378 e. The number of rotatable bonds is 3. The Morgan fingerprint density at radius 2 is 2.04 bits per heavy atom. The molecular formula is C19H27N3O2. The number of hydrogen-bond acceptors (Lipinski definition) is 4. The van der Waals surface area contributed by atoms with Crippen LogP contribution in [0.15, 0.2) is 24.3 Å². The summed E-state index contributed by atoms with van der Waals surface area (Å²) in [4.78, 5) is 19.6. The molecule has 130 valence electrons. The van der Waals surface area contributed by atoms with E-state index in [9.17, 15) is 4.79 Å². The van der Waals surface area contributed by atoms with Gasteiger partial charge < -0.3 is 14.5 Å². The van der Waals surface area contributed by atoms with E-state index in [2.05, 4.69) is 4.90 Å². The molecule has 2 saturated heterocycles. The van der Waals surface area contributed by atoms with E-state index < -0.39 is 0 Å². The molecule has 0 unspecified atom stereocenters. The Kier molecular flexibility index (Phi) is 4.22. The number of piperazine rings is 1. The summed E-state index contributed by atoms with van der Waals surface area (Å²) in [6.07, 6.45) is 2.69. The standard InChI is InChI=1S/C19H27N3O2/c1-20(2)16-5-3-4-15(10-16)19(23)21-8-9-22-17(11-21)12-24-13-18(22)14-6-7-14/h3-5,10,14,17-18H,6-9,11-13H2,1-2H3/t17-,18-/m1/s1. The van der Waals surface area contributed by atoms with Gasteiger partial charge in [0.15, 0.2) is 0 Å². The van der Waals surface area contributed by atoms with Crippen molar-refractivity contribution in [1.82, 2.24) is 9.80 Å².